The van der Waals surface area contributed by atoms with Gasteiger partial charge in [-0.3, -0.25) is 14.2 Å². The van der Waals surface area contributed by atoms with E-state index in [2.05, 4.69) is 15.0 Å². The Morgan fingerprint density at radius 1 is 1.19 bits per heavy atom. The minimum Gasteiger partial charge on any atom is -0.465 e. The average Bonchev–Trinajstić information content (AvgIpc) is 3.29. The molecule has 0 unspecified atom stereocenters. The molecule has 0 atom stereocenters. The van der Waals surface area contributed by atoms with Crippen molar-refractivity contribution in [2.45, 2.75) is 6.54 Å². The number of aromatic amines is 1. The van der Waals surface area contributed by atoms with E-state index in [4.69, 9.17) is 0 Å². The second-order valence-electron chi connectivity index (χ2n) is 5.09. The number of amides is 1. The average molecular weight is 391 g/mol. The number of methoxy groups -OCH3 is 1. The monoisotopic (exact) mass is 391 g/mol. The van der Waals surface area contributed by atoms with Gasteiger partial charge in [0.15, 0.2) is 0 Å². The third-order valence-corrected chi connectivity index (χ3v) is 5.19. The van der Waals surface area contributed by atoms with Crippen molar-refractivity contribution in [3.05, 3.63) is 72.0 Å². The molecule has 3 aromatic heterocycles. The number of anilines is 1. The lowest BCUT2D eigenvalue weighted by Gasteiger charge is -2.07. The van der Waals surface area contributed by atoms with Gasteiger partial charge in [0, 0.05) is 11.1 Å². The molecule has 0 bridgehead atoms. The molecular weight excluding hydrogens is 378 g/mol. The first kappa shape index (κ1) is 17.8. The fourth-order valence-corrected chi connectivity index (χ4v) is 3.69. The Morgan fingerprint density at radius 3 is 2.69 bits per heavy atom. The van der Waals surface area contributed by atoms with Gasteiger partial charge in [-0.15, -0.1) is 22.7 Å². The van der Waals surface area contributed by atoms with Crippen molar-refractivity contribution in [1.29, 1.82) is 0 Å². The van der Waals surface area contributed by atoms with E-state index in [9.17, 15) is 19.2 Å². The van der Waals surface area contributed by atoms with Crippen LogP contribution in [0.2, 0.25) is 0 Å². The highest BCUT2D eigenvalue weighted by atomic mass is 32.1. The fraction of sp³-hybridized carbons (Fsp3) is 0.125. The molecule has 0 aliphatic carbocycles. The van der Waals surface area contributed by atoms with E-state index in [-0.39, 0.29) is 22.7 Å². The van der Waals surface area contributed by atoms with Crippen LogP contribution in [-0.4, -0.2) is 28.5 Å². The molecule has 0 fully saturated rings. The zero-order valence-corrected chi connectivity index (χ0v) is 15.1. The summed E-state index contributed by atoms with van der Waals surface area (Å²) in [6, 6.07) is 5.10. The van der Waals surface area contributed by atoms with Crippen molar-refractivity contribution < 1.29 is 14.3 Å². The summed E-state index contributed by atoms with van der Waals surface area (Å²) in [5.74, 6) is -1.32. The number of aromatic nitrogens is 2. The third kappa shape index (κ3) is 3.51. The Morgan fingerprint density at radius 2 is 2.00 bits per heavy atom. The number of esters is 1. The van der Waals surface area contributed by atoms with E-state index >= 15 is 0 Å². The number of hydrogen-bond donors (Lipinski definition) is 2. The summed E-state index contributed by atoms with van der Waals surface area (Å²) >= 11 is 2.52. The lowest BCUT2D eigenvalue weighted by Crippen LogP contribution is -2.39. The summed E-state index contributed by atoms with van der Waals surface area (Å²) in [7, 11) is 1.23. The van der Waals surface area contributed by atoms with Crippen molar-refractivity contribution in [3.8, 4) is 0 Å². The number of carbonyl (C=O) groups is 2. The first-order valence-electron chi connectivity index (χ1n) is 7.33. The zero-order valence-electron chi connectivity index (χ0n) is 13.5. The molecular formula is C16H13N3O5S2. The van der Waals surface area contributed by atoms with Crippen LogP contribution in [0.5, 0.6) is 0 Å². The number of rotatable bonds is 5. The highest BCUT2D eigenvalue weighted by Gasteiger charge is 2.19. The minimum atomic E-state index is -0.723. The first-order valence-corrected chi connectivity index (χ1v) is 9.09. The number of thiophene rings is 2. The van der Waals surface area contributed by atoms with Crippen molar-refractivity contribution in [1.82, 2.24) is 9.55 Å². The van der Waals surface area contributed by atoms with Crippen LogP contribution in [0, 0.1) is 0 Å². The number of nitrogens with one attached hydrogen (secondary N) is 2. The summed E-state index contributed by atoms with van der Waals surface area (Å²) in [6.45, 7) is 0.0688. The normalized spacial score (nSPS) is 10.5. The molecule has 3 rings (SSSR count). The quantitative estimate of drug-likeness (QED) is 0.644. The first-order chi connectivity index (χ1) is 12.5. The molecule has 0 radical (unpaired) electrons. The van der Waals surface area contributed by atoms with Gasteiger partial charge in [-0.05, 0) is 22.9 Å². The molecule has 0 aromatic carbocycles. The van der Waals surface area contributed by atoms with Gasteiger partial charge in [-0.1, -0.05) is 6.07 Å². The van der Waals surface area contributed by atoms with Gasteiger partial charge in [-0.25, -0.2) is 9.59 Å². The second kappa shape index (κ2) is 7.50. The molecule has 8 nitrogen and oxygen atoms in total. The van der Waals surface area contributed by atoms with Crippen molar-refractivity contribution in [2.24, 2.45) is 0 Å². The van der Waals surface area contributed by atoms with E-state index in [1.54, 1.807) is 17.5 Å². The summed E-state index contributed by atoms with van der Waals surface area (Å²) in [4.78, 5) is 51.9. The van der Waals surface area contributed by atoms with Crippen LogP contribution >= 0.6 is 22.7 Å². The van der Waals surface area contributed by atoms with Crippen LogP contribution in [0.3, 0.4) is 0 Å². The largest absolute Gasteiger partial charge is 0.465 e. The number of hydrogen-bond acceptors (Lipinski definition) is 7. The molecule has 26 heavy (non-hydrogen) atoms. The van der Waals surface area contributed by atoms with Crippen LogP contribution in [0.1, 0.15) is 25.6 Å². The Bertz CT molecular complexity index is 1060. The standard InChI is InChI=1S/C16H13N3O5S2/c1-24-15(22)10-4-6-26-13(10)18-12(20)11-7-17-16(23)19(14(11)21)8-9-3-2-5-25-9/h2-7H,8H2,1H3,(H,17,23)(H,18,20). The number of H-pyrrole nitrogens is 1. The Hall–Kier alpha value is -2.98. The van der Waals surface area contributed by atoms with Crippen LogP contribution in [0.4, 0.5) is 5.00 Å². The highest BCUT2D eigenvalue weighted by molar-refractivity contribution is 7.14. The van der Waals surface area contributed by atoms with E-state index in [1.807, 2.05) is 5.38 Å². The Balaban J connectivity index is 1.91. The van der Waals surface area contributed by atoms with E-state index in [0.717, 1.165) is 27.0 Å². The van der Waals surface area contributed by atoms with Gasteiger partial charge in [0.05, 0.1) is 19.2 Å². The number of nitrogens with zero attached hydrogens (tertiary/aromatic N) is 1. The van der Waals surface area contributed by atoms with Crippen LogP contribution in [0.25, 0.3) is 0 Å². The predicted octanol–water partition coefficient (Wildman–Crippen LogP) is 1.75. The maximum atomic E-state index is 12.6. The summed E-state index contributed by atoms with van der Waals surface area (Å²) < 4.78 is 5.60. The molecule has 3 heterocycles. The van der Waals surface area contributed by atoms with Gasteiger partial charge >= 0.3 is 11.7 Å². The molecule has 0 saturated heterocycles. The lowest BCUT2D eigenvalue weighted by atomic mass is 10.3. The van der Waals surface area contributed by atoms with E-state index in [0.29, 0.717) is 0 Å². The van der Waals surface area contributed by atoms with E-state index in [1.165, 1.54) is 24.5 Å². The lowest BCUT2D eigenvalue weighted by molar-refractivity contribution is 0.0602. The summed E-state index contributed by atoms with van der Waals surface area (Å²) in [6.07, 6.45) is 1.07. The smallest absolute Gasteiger partial charge is 0.340 e. The van der Waals surface area contributed by atoms with Crippen molar-refractivity contribution in [3.63, 3.8) is 0 Å². The van der Waals surface area contributed by atoms with Gasteiger partial charge in [-0.2, -0.15) is 0 Å². The molecule has 134 valence electrons. The van der Waals surface area contributed by atoms with E-state index < -0.39 is 23.1 Å². The maximum absolute atomic E-state index is 12.6. The molecule has 0 saturated carbocycles. The number of carbonyl (C=O) groups excluding carboxylic acids is 2. The molecule has 0 aliphatic heterocycles. The van der Waals surface area contributed by atoms with Crippen molar-refractivity contribution >= 4 is 39.6 Å². The zero-order chi connectivity index (χ0) is 18.7. The summed E-state index contributed by atoms with van der Waals surface area (Å²) in [5.41, 5.74) is -1.36. The number of ether oxygens (including phenoxy) is 1. The fourth-order valence-electron chi connectivity index (χ4n) is 2.22. The summed E-state index contributed by atoms with van der Waals surface area (Å²) in [5, 5.41) is 6.22. The SMILES string of the molecule is COC(=O)c1ccsc1NC(=O)c1c[nH]c(=O)n(Cc2cccs2)c1=O. The van der Waals surface area contributed by atoms with Gasteiger partial charge in [0.1, 0.15) is 10.6 Å². The molecule has 0 spiro atoms. The van der Waals surface area contributed by atoms with Gasteiger partial charge in [0.25, 0.3) is 11.5 Å². The van der Waals surface area contributed by atoms with Gasteiger partial charge < -0.3 is 15.0 Å². The molecule has 0 aliphatic rings. The molecule has 10 heteroatoms. The Kier molecular flexibility index (Phi) is 5.14. The molecule has 3 aromatic rings. The highest BCUT2D eigenvalue weighted by Crippen LogP contribution is 2.24. The van der Waals surface area contributed by atoms with Gasteiger partial charge in [0.2, 0.25) is 0 Å². The topological polar surface area (TPSA) is 110 Å². The van der Waals surface area contributed by atoms with Crippen LogP contribution < -0.4 is 16.6 Å². The third-order valence-electron chi connectivity index (χ3n) is 3.50. The predicted molar refractivity (Wildman–Crippen MR) is 98.4 cm³/mol. The van der Waals surface area contributed by atoms with Crippen LogP contribution in [0.15, 0.2) is 44.7 Å². The van der Waals surface area contributed by atoms with Crippen molar-refractivity contribution in [2.75, 3.05) is 12.4 Å². The minimum absolute atomic E-state index is 0.0688. The second-order valence-corrected chi connectivity index (χ2v) is 7.04. The Labute approximate surface area is 154 Å². The molecule has 1 amide bonds. The molecule has 2 N–H and O–H groups in total. The maximum Gasteiger partial charge on any atom is 0.340 e. The van der Waals surface area contributed by atoms with Crippen LogP contribution in [-0.2, 0) is 11.3 Å².